The van der Waals surface area contributed by atoms with Gasteiger partial charge in [0.15, 0.2) is 5.82 Å². The van der Waals surface area contributed by atoms with E-state index >= 15 is 0 Å². The molecule has 144 valence electrons. The molecule has 0 radical (unpaired) electrons. The van der Waals surface area contributed by atoms with Crippen LogP contribution in [0.1, 0.15) is 29.4 Å². The molecule has 3 rings (SSSR count). The van der Waals surface area contributed by atoms with E-state index < -0.39 is 0 Å². The van der Waals surface area contributed by atoms with Crippen LogP contribution in [-0.2, 0) is 9.47 Å². The second kappa shape index (κ2) is 9.32. The van der Waals surface area contributed by atoms with E-state index in [1.807, 2.05) is 19.1 Å². The summed E-state index contributed by atoms with van der Waals surface area (Å²) in [6.07, 6.45) is 0.857. The molecule has 1 aromatic heterocycles. The maximum absolute atomic E-state index is 11.6. The van der Waals surface area contributed by atoms with Crippen LogP contribution in [0.4, 0.5) is 5.82 Å². The minimum Gasteiger partial charge on any atom is -0.493 e. The van der Waals surface area contributed by atoms with E-state index in [9.17, 15) is 4.79 Å². The molecule has 0 saturated carbocycles. The van der Waals surface area contributed by atoms with Gasteiger partial charge in [0.05, 0.1) is 37.2 Å². The molecule has 1 aromatic carbocycles. The molecule has 0 aliphatic carbocycles. The largest absolute Gasteiger partial charge is 0.493 e. The lowest BCUT2D eigenvalue weighted by Crippen LogP contribution is -2.43. The fourth-order valence-electron chi connectivity index (χ4n) is 2.87. The maximum Gasteiger partial charge on any atom is 0.338 e. The average molecular weight is 371 g/mol. The number of hydrogen-bond acceptors (Lipinski definition) is 7. The second-order valence-corrected chi connectivity index (χ2v) is 6.35. The summed E-state index contributed by atoms with van der Waals surface area (Å²) < 4.78 is 16.6. The Balaban J connectivity index is 1.46. The number of nitrogens with zero attached hydrogens (tertiary/aromatic N) is 3. The zero-order chi connectivity index (χ0) is 19.1. The third-order valence-corrected chi connectivity index (χ3v) is 4.32. The van der Waals surface area contributed by atoms with E-state index in [-0.39, 0.29) is 12.1 Å². The summed E-state index contributed by atoms with van der Waals surface area (Å²) in [6, 6.07) is 10.9. The second-order valence-electron chi connectivity index (χ2n) is 6.35. The Bertz CT molecular complexity index is 734. The molecule has 1 atom stereocenters. The van der Waals surface area contributed by atoms with Crippen molar-refractivity contribution in [1.82, 2.24) is 10.2 Å². The Morgan fingerprint density at radius 1 is 1.22 bits per heavy atom. The third kappa shape index (κ3) is 5.40. The highest BCUT2D eigenvalue weighted by Crippen LogP contribution is 2.17. The van der Waals surface area contributed by atoms with Crippen molar-refractivity contribution < 1.29 is 19.0 Å². The number of esters is 1. The molecule has 1 unspecified atom stereocenters. The number of anilines is 1. The van der Waals surface area contributed by atoms with E-state index in [4.69, 9.17) is 14.2 Å². The van der Waals surface area contributed by atoms with Crippen LogP contribution in [0.5, 0.6) is 5.75 Å². The van der Waals surface area contributed by atoms with Crippen LogP contribution >= 0.6 is 0 Å². The number of benzene rings is 1. The Morgan fingerprint density at radius 3 is 2.74 bits per heavy atom. The molecule has 2 heterocycles. The fraction of sp³-hybridized carbons (Fsp3) is 0.450. The summed E-state index contributed by atoms with van der Waals surface area (Å²) in [5.41, 5.74) is 1.43. The Kier molecular flexibility index (Phi) is 6.59. The number of ether oxygens (including phenoxy) is 3. The first-order valence-electron chi connectivity index (χ1n) is 9.22. The van der Waals surface area contributed by atoms with E-state index in [0.717, 1.165) is 36.8 Å². The molecule has 1 fully saturated rings. The predicted octanol–water partition coefficient (Wildman–Crippen LogP) is 2.64. The number of carbonyl (C=O) groups excluding carboxylic acids is 1. The topological polar surface area (TPSA) is 73.8 Å². The first-order valence-corrected chi connectivity index (χ1v) is 9.22. The van der Waals surface area contributed by atoms with Crippen molar-refractivity contribution >= 4 is 11.8 Å². The molecule has 1 aliphatic rings. The molecule has 0 amide bonds. The summed E-state index contributed by atoms with van der Waals surface area (Å²) >= 11 is 0. The van der Waals surface area contributed by atoms with Crippen molar-refractivity contribution in [1.29, 1.82) is 0 Å². The number of rotatable bonds is 7. The van der Waals surface area contributed by atoms with Crippen molar-refractivity contribution in [2.24, 2.45) is 0 Å². The zero-order valence-electron chi connectivity index (χ0n) is 15.8. The van der Waals surface area contributed by atoms with Gasteiger partial charge in [-0.2, -0.15) is 5.10 Å². The minimum atomic E-state index is -0.320. The van der Waals surface area contributed by atoms with Gasteiger partial charge in [-0.1, -0.05) is 0 Å². The highest BCUT2D eigenvalue weighted by atomic mass is 16.5. The van der Waals surface area contributed by atoms with Crippen molar-refractivity contribution in [2.75, 3.05) is 37.8 Å². The van der Waals surface area contributed by atoms with Crippen LogP contribution in [-0.4, -0.2) is 55.2 Å². The van der Waals surface area contributed by atoms with Gasteiger partial charge in [-0.05, 0) is 50.2 Å². The molecule has 0 bridgehead atoms. The smallest absolute Gasteiger partial charge is 0.338 e. The maximum atomic E-state index is 11.6. The molecule has 1 aliphatic heterocycles. The number of morpholine rings is 1. The van der Waals surface area contributed by atoms with Gasteiger partial charge in [-0.25, -0.2) is 4.79 Å². The zero-order valence-corrected chi connectivity index (χ0v) is 15.8. The van der Waals surface area contributed by atoms with E-state index in [2.05, 4.69) is 15.1 Å². The fourth-order valence-corrected chi connectivity index (χ4v) is 2.87. The molecule has 0 spiro atoms. The van der Waals surface area contributed by atoms with Gasteiger partial charge >= 0.3 is 5.97 Å². The molecule has 2 aromatic rings. The first kappa shape index (κ1) is 19.1. The Hall–Kier alpha value is -2.67. The van der Waals surface area contributed by atoms with Gasteiger partial charge in [-0.15, -0.1) is 5.10 Å². The molecule has 7 nitrogen and oxygen atoms in total. The lowest BCUT2D eigenvalue weighted by atomic mass is 10.2. The molecular formula is C20H25N3O4. The number of aryl methyl sites for hydroxylation is 1. The van der Waals surface area contributed by atoms with Gasteiger partial charge in [-0.3, -0.25) is 0 Å². The minimum absolute atomic E-state index is 0.0839. The Morgan fingerprint density at radius 2 is 2.04 bits per heavy atom. The van der Waals surface area contributed by atoms with Crippen molar-refractivity contribution in [3.05, 3.63) is 47.7 Å². The van der Waals surface area contributed by atoms with E-state index in [1.54, 1.807) is 31.2 Å². The Labute approximate surface area is 159 Å². The van der Waals surface area contributed by atoms with Crippen molar-refractivity contribution in [3.8, 4) is 5.75 Å². The van der Waals surface area contributed by atoms with Crippen molar-refractivity contribution in [3.63, 3.8) is 0 Å². The summed E-state index contributed by atoms with van der Waals surface area (Å²) in [7, 11) is 0. The molecule has 0 N–H and O–H groups in total. The summed E-state index contributed by atoms with van der Waals surface area (Å²) in [5, 5.41) is 8.37. The molecule has 27 heavy (non-hydrogen) atoms. The van der Waals surface area contributed by atoms with Crippen LogP contribution in [0, 0.1) is 6.92 Å². The number of aromatic nitrogens is 2. The first-order chi connectivity index (χ1) is 13.2. The highest BCUT2D eigenvalue weighted by Gasteiger charge is 2.21. The van der Waals surface area contributed by atoms with Gasteiger partial charge in [0.25, 0.3) is 0 Å². The van der Waals surface area contributed by atoms with E-state index in [1.165, 1.54) is 0 Å². The van der Waals surface area contributed by atoms with Gasteiger partial charge in [0.2, 0.25) is 0 Å². The number of carbonyl (C=O) groups is 1. The van der Waals surface area contributed by atoms with Crippen LogP contribution < -0.4 is 9.64 Å². The quantitative estimate of drug-likeness (QED) is 0.693. The summed E-state index contributed by atoms with van der Waals surface area (Å²) in [4.78, 5) is 13.8. The molecular weight excluding hydrogens is 346 g/mol. The monoisotopic (exact) mass is 371 g/mol. The van der Waals surface area contributed by atoms with Crippen LogP contribution in [0.3, 0.4) is 0 Å². The lowest BCUT2D eigenvalue weighted by Gasteiger charge is -2.33. The standard InChI is InChI=1S/C20H25N3O4/c1-3-25-20(24)16-5-7-17(8-6-16)26-12-10-18-14-23(11-13-27-18)19-9-4-15(2)21-22-19/h4-9,18H,3,10-14H2,1-2H3. The predicted molar refractivity (Wildman–Crippen MR) is 101 cm³/mol. The summed E-state index contributed by atoms with van der Waals surface area (Å²) in [5.74, 6) is 1.28. The summed E-state index contributed by atoms with van der Waals surface area (Å²) in [6.45, 7) is 6.85. The van der Waals surface area contributed by atoms with Crippen molar-refractivity contribution in [2.45, 2.75) is 26.4 Å². The average Bonchev–Trinajstić information content (AvgIpc) is 2.69. The van der Waals surface area contributed by atoms with Crippen LogP contribution in [0.25, 0.3) is 0 Å². The van der Waals surface area contributed by atoms with Gasteiger partial charge < -0.3 is 19.1 Å². The van der Waals surface area contributed by atoms with Crippen LogP contribution in [0.2, 0.25) is 0 Å². The third-order valence-electron chi connectivity index (χ3n) is 4.32. The number of hydrogen-bond donors (Lipinski definition) is 0. The van der Waals surface area contributed by atoms with E-state index in [0.29, 0.717) is 25.4 Å². The SMILES string of the molecule is CCOC(=O)c1ccc(OCCC2CN(c3ccc(C)nn3)CCO2)cc1. The van der Waals surface area contributed by atoms with Gasteiger partial charge in [0, 0.05) is 19.5 Å². The van der Waals surface area contributed by atoms with Crippen LogP contribution in [0.15, 0.2) is 36.4 Å². The lowest BCUT2D eigenvalue weighted by molar-refractivity contribution is 0.0266. The normalized spacial score (nSPS) is 16.8. The highest BCUT2D eigenvalue weighted by molar-refractivity contribution is 5.89. The molecule has 1 saturated heterocycles. The molecule has 7 heteroatoms. The van der Waals surface area contributed by atoms with Gasteiger partial charge in [0.1, 0.15) is 5.75 Å².